The zero-order valence-corrected chi connectivity index (χ0v) is 12.5. The minimum absolute atomic E-state index is 0.302. The molecular formula is C19H18O3. The molecule has 1 aromatic carbocycles. The lowest BCUT2D eigenvalue weighted by atomic mass is 10.2. The maximum atomic E-state index is 11.8. The molecule has 2 heterocycles. The van der Waals surface area contributed by atoms with Crippen molar-refractivity contribution in [1.29, 1.82) is 0 Å². The van der Waals surface area contributed by atoms with Crippen LogP contribution in [-0.2, 0) is 9.53 Å². The highest BCUT2D eigenvalue weighted by Gasteiger charge is 2.20. The number of furan rings is 1. The van der Waals surface area contributed by atoms with E-state index >= 15 is 0 Å². The normalized spacial score (nSPS) is 16.0. The number of benzene rings is 1. The van der Waals surface area contributed by atoms with Crippen LogP contribution in [0.3, 0.4) is 0 Å². The van der Waals surface area contributed by atoms with Crippen molar-refractivity contribution in [3.05, 3.63) is 65.6 Å². The van der Waals surface area contributed by atoms with E-state index in [1.165, 1.54) is 0 Å². The quantitative estimate of drug-likeness (QED) is 0.578. The monoisotopic (exact) mass is 294 g/mol. The lowest BCUT2D eigenvalue weighted by molar-refractivity contribution is -0.133. The first kappa shape index (κ1) is 14.4. The van der Waals surface area contributed by atoms with Crippen LogP contribution in [0.4, 0.5) is 0 Å². The molecule has 3 rings (SSSR count). The molecule has 0 atom stereocenters. The van der Waals surface area contributed by atoms with Crippen molar-refractivity contribution in [2.24, 2.45) is 0 Å². The van der Waals surface area contributed by atoms with Crippen molar-refractivity contribution in [2.45, 2.75) is 26.2 Å². The lowest BCUT2D eigenvalue weighted by Crippen LogP contribution is -1.97. The second-order valence-electron chi connectivity index (χ2n) is 5.27. The molecule has 1 aromatic heterocycles. The summed E-state index contributed by atoms with van der Waals surface area (Å²) in [7, 11) is 0. The average Bonchev–Trinajstić information content (AvgIpc) is 3.14. The Bertz CT molecular complexity index is 720. The molecule has 0 spiro atoms. The fourth-order valence-corrected chi connectivity index (χ4v) is 2.36. The summed E-state index contributed by atoms with van der Waals surface area (Å²) in [5.74, 6) is 1.88. The molecule has 22 heavy (non-hydrogen) atoms. The van der Waals surface area contributed by atoms with Gasteiger partial charge in [0, 0.05) is 12.0 Å². The first-order valence-electron chi connectivity index (χ1n) is 7.56. The molecule has 0 saturated heterocycles. The fraction of sp³-hybridized carbons (Fsp3) is 0.211. The summed E-state index contributed by atoms with van der Waals surface area (Å²) in [5, 5.41) is 0. The highest BCUT2D eigenvalue weighted by molar-refractivity contribution is 5.99. The molecule has 0 amide bonds. The SMILES string of the molecule is CCCCC1=CC(=Cc2ccc(-c3ccccc3)o2)C(=O)O1. The van der Waals surface area contributed by atoms with Gasteiger partial charge in [0.2, 0.25) is 0 Å². The Kier molecular flexibility index (Phi) is 4.24. The van der Waals surface area contributed by atoms with E-state index in [1.807, 2.05) is 48.5 Å². The van der Waals surface area contributed by atoms with E-state index in [0.29, 0.717) is 11.3 Å². The van der Waals surface area contributed by atoms with Crippen molar-refractivity contribution in [3.8, 4) is 11.3 Å². The van der Waals surface area contributed by atoms with E-state index in [4.69, 9.17) is 9.15 Å². The molecular weight excluding hydrogens is 276 g/mol. The van der Waals surface area contributed by atoms with E-state index in [9.17, 15) is 4.79 Å². The van der Waals surface area contributed by atoms with E-state index in [2.05, 4.69) is 6.92 Å². The Morgan fingerprint density at radius 2 is 1.91 bits per heavy atom. The third kappa shape index (κ3) is 3.19. The maximum Gasteiger partial charge on any atom is 0.343 e. The summed E-state index contributed by atoms with van der Waals surface area (Å²) in [6, 6.07) is 13.6. The Morgan fingerprint density at radius 1 is 1.09 bits per heavy atom. The third-order valence-electron chi connectivity index (χ3n) is 3.54. The Labute approximate surface area is 129 Å². The smallest absolute Gasteiger partial charge is 0.343 e. The van der Waals surface area contributed by atoms with Gasteiger partial charge < -0.3 is 9.15 Å². The second kappa shape index (κ2) is 6.48. The van der Waals surface area contributed by atoms with E-state index in [1.54, 1.807) is 6.08 Å². The number of cyclic esters (lactones) is 1. The van der Waals surface area contributed by atoms with Gasteiger partial charge in [0.1, 0.15) is 17.3 Å². The number of carbonyl (C=O) groups is 1. The highest BCUT2D eigenvalue weighted by atomic mass is 16.5. The molecule has 0 bridgehead atoms. The lowest BCUT2D eigenvalue weighted by Gasteiger charge is -1.98. The molecule has 1 aliphatic heterocycles. The predicted molar refractivity (Wildman–Crippen MR) is 85.8 cm³/mol. The molecule has 2 aromatic rings. The zero-order valence-electron chi connectivity index (χ0n) is 12.5. The van der Waals surface area contributed by atoms with Gasteiger partial charge in [-0.05, 0) is 30.7 Å². The zero-order chi connectivity index (χ0) is 15.4. The van der Waals surface area contributed by atoms with E-state index in [0.717, 1.165) is 36.3 Å². The summed E-state index contributed by atoms with van der Waals surface area (Å²) in [5.41, 5.74) is 1.56. The summed E-state index contributed by atoms with van der Waals surface area (Å²) < 4.78 is 11.0. The first-order chi connectivity index (χ1) is 10.8. The van der Waals surface area contributed by atoms with Crippen LogP contribution in [0.1, 0.15) is 31.9 Å². The number of ether oxygens (including phenoxy) is 1. The fourth-order valence-electron chi connectivity index (χ4n) is 2.36. The molecule has 3 nitrogen and oxygen atoms in total. The van der Waals surface area contributed by atoms with Crippen molar-refractivity contribution in [2.75, 3.05) is 0 Å². The van der Waals surface area contributed by atoms with Crippen molar-refractivity contribution >= 4 is 12.0 Å². The number of esters is 1. The summed E-state index contributed by atoms with van der Waals surface area (Å²) in [6.07, 6.45) is 6.43. The third-order valence-corrected chi connectivity index (χ3v) is 3.54. The van der Waals surface area contributed by atoms with Crippen LogP contribution in [0, 0.1) is 0 Å². The van der Waals surface area contributed by atoms with Gasteiger partial charge in [-0.1, -0.05) is 43.7 Å². The Hall–Kier alpha value is -2.55. The predicted octanol–water partition coefficient (Wildman–Crippen LogP) is 4.96. The molecule has 0 N–H and O–H groups in total. The van der Waals surface area contributed by atoms with Gasteiger partial charge in [-0.15, -0.1) is 0 Å². The largest absolute Gasteiger partial charge is 0.457 e. The van der Waals surface area contributed by atoms with Gasteiger partial charge in [0.05, 0.1) is 5.57 Å². The summed E-state index contributed by atoms with van der Waals surface area (Å²) in [4.78, 5) is 11.8. The maximum absolute atomic E-state index is 11.8. The molecule has 0 unspecified atom stereocenters. The van der Waals surface area contributed by atoms with E-state index < -0.39 is 0 Å². The molecule has 0 saturated carbocycles. The first-order valence-corrected chi connectivity index (χ1v) is 7.56. The van der Waals surface area contributed by atoms with Gasteiger partial charge in [0.25, 0.3) is 0 Å². The van der Waals surface area contributed by atoms with Crippen LogP contribution in [0.15, 0.2) is 64.3 Å². The molecule has 1 aliphatic rings. The molecule has 0 aliphatic carbocycles. The molecule has 0 fully saturated rings. The molecule has 0 radical (unpaired) electrons. The molecule has 3 heteroatoms. The number of hydrogen-bond acceptors (Lipinski definition) is 3. The van der Waals surface area contributed by atoms with Crippen LogP contribution in [0.25, 0.3) is 17.4 Å². The Morgan fingerprint density at radius 3 is 2.68 bits per heavy atom. The van der Waals surface area contributed by atoms with Gasteiger partial charge in [0.15, 0.2) is 0 Å². The minimum atomic E-state index is -0.302. The van der Waals surface area contributed by atoms with Crippen LogP contribution in [-0.4, -0.2) is 5.97 Å². The standard InChI is InChI=1S/C19H18O3/c1-2-3-9-16-12-15(19(20)22-16)13-17-10-11-18(21-17)14-7-5-4-6-8-14/h4-8,10-13H,2-3,9H2,1H3. The van der Waals surface area contributed by atoms with Crippen LogP contribution < -0.4 is 0 Å². The number of unbranched alkanes of at least 4 members (excludes halogenated alkanes) is 1. The van der Waals surface area contributed by atoms with Crippen LogP contribution in [0.5, 0.6) is 0 Å². The number of hydrogen-bond donors (Lipinski definition) is 0. The number of rotatable bonds is 5. The van der Waals surface area contributed by atoms with Crippen molar-refractivity contribution < 1.29 is 13.9 Å². The van der Waals surface area contributed by atoms with Crippen LogP contribution >= 0.6 is 0 Å². The van der Waals surface area contributed by atoms with E-state index in [-0.39, 0.29) is 5.97 Å². The second-order valence-corrected chi connectivity index (χ2v) is 5.27. The Balaban J connectivity index is 1.79. The summed E-state index contributed by atoms with van der Waals surface area (Å²) >= 11 is 0. The topological polar surface area (TPSA) is 39.4 Å². The minimum Gasteiger partial charge on any atom is -0.457 e. The van der Waals surface area contributed by atoms with Crippen molar-refractivity contribution in [3.63, 3.8) is 0 Å². The van der Waals surface area contributed by atoms with Crippen LogP contribution in [0.2, 0.25) is 0 Å². The summed E-state index contributed by atoms with van der Waals surface area (Å²) in [6.45, 7) is 2.11. The number of allylic oxidation sites excluding steroid dienone is 1. The van der Waals surface area contributed by atoms with Gasteiger partial charge in [-0.2, -0.15) is 0 Å². The average molecular weight is 294 g/mol. The van der Waals surface area contributed by atoms with Crippen molar-refractivity contribution in [1.82, 2.24) is 0 Å². The van der Waals surface area contributed by atoms with Gasteiger partial charge >= 0.3 is 5.97 Å². The van der Waals surface area contributed by atoms with Gasteiger partial charge in [-0.3, -0.25) is 0 Å². The highest BCUT2D eigenvalue weighted by Crippen LogP contribution is 2.26. The number of carbonyl (C=O) groups excluding carboxylic acids is 1. The van der Waals surface area contributed by atoms with Gasteiger partial charge in [-0.25, -0.2) is 4.79 Å². The molecule has 112 valence electrons.